The smallest absolute Gasteiger partial charge is 0.226 e. The summed E-state index contributed by atoms with van der Waals surface area (Å²) in [6, 6.07) is 4.06. The molecule has 8 aliphatic carbocycles. The highest BCUT2D eigenvalue weighted by Crippen LogP contribution is 2.53. The number of fused-ring (bicyclic) bond motifs is 5. The summed E-state index contributed by atoms with van der Waals surface area (Å²) in [5.41, 5.74) is 6.24. The third kappa shape index (κ3) is 9.54. The van der Waals surface area contributed by atoms with Crippen molar-refractivity contribution in [3.8, 4) is 0 Å². The molecule has 9 aliphatic rings. The van der Waals surface area contributed by atoms with Crippen molar-refractivity contribution >= 4 is 5.91 Å². The third-order valence-electron chi connectivity index (χ3n) is 18.6. The number of hydrogen-bond donors (Lipinski definition) is 4. The number of azo groups is 1. The minimum absolute atomic E-state index is 0.101. The molecule has 1 amide bonds. The lowest BCUT2D eigenvalue weighted by Crippen LogP contribution is -2.59. The van der Waals surface area contributed by atoms with Crippen molar-refractivity contribution in [1.29, 1.82) is 0 Å². The van der Waals surface area contributed by atoms with Crippen LogP contribution in [0.2, 0.25) is 0 Å². The number of rotatable bonds is 10. The number of carbonyl (C=O) groups excluding carboxylic acids is 1. The van der Waals surface area contributed by atoms with E-state index in [2.05, 4.69) is 15.5 Å². The van der Waals surface area contributed by atoms with Crippen molar-refractivity contribution in [2.45, 2.75) is 260 Å². The van der Waals surface area contributed by atoms with Crippen molar-refractivity contribution in [3.63, 3.8) is 0 Å². The quantitative estimate of drug-likeness (QED) is 0.165. The van der Waals surface area contributed by atoms with Gasteiger partial charge in [-0.05, 0) is 152 Å². The highest BCUT2D eigenvalue weighted by atomic mass is 16.3. The van der Waals surface area contributed by atoms with Crippen LogP contribution < -0.4 is 16.4 Å². The Kier molecular flexibility index (Phi) is 14.0. The van der Waals surface area contributed by atoms with Gasteiger partial charge in [-0.1, -0.05) is 77.0 Å². The predicted molar refractivity (Wildman–Crippen MR) is 230 cm³/mol. The molecule has 8 saturated carbocycles. The van der Waals surface area contributed by atoms with Gasteiger partial charge in [0.1, 0.15) is 6.04 Å². The summed E-state index contributed by atoms with van der Waals surface area (Å²) in [5, 5.41) is 30.0. The minimum Gasteiger partial charge on any atom is -0.390 e. The molecule has 1 saturated heterocycles. The first kappa shape index (κ1) is 41.3. The molecule has 1 heterocycles. The van der Waals surface area contributed by atoms with Gasteiger partial charge in [-0.3, -0.25) is 9.69 Å². The molecule has 0 bridgehead atoms. The summed E-state index contributed by atoms with van der Waals surface area (Å²) in [6.07, 6.45) is 39.6. The number of aliphatic hydroxyl groups excluding tert-OH is 1. The van der Waals surface area contributed by atoms with Gasteiger partial charge in [-0.25, -0.2) is 0 Å². The molecule has 5 N–H and O–H groups in total. The first-order valence-electron chi connectivity index (χ1n) is 25.7. The summed E-state index contributed by atoms with van der Waals surface area (Å²) in [4.78, 5) is 17.5. The van der Waals surface area contributed by atoms with E-state index in [0.717, 1.165) is 80.8 Å². The fraction of sp³-hybridized carbons (Fsp3) is 0.980. The molecular formula is C49H84N6O2. The molecule has 0 radical (unpaired) electrons. The van der Waals surface area contributed by atoms with Gasteiger partial charge < -0.3 is 21.5 Å². The molecule has 9 rings (SSSR count). The number of nitrogens with zero attached hydrogens (tertiary/aromatic N) is 3. The first-order valence-corrected chi connectivity index (χ1v) is 25.7. The average Bonchev–Trinajstić information content (AvgIpc) is 3.63. The molecule has 0 spiro atoms. The van der Waals surface area contributed by atoms with E-state index in [9.17, 15) is 9.90 Å². The van der Waals surface area contributed by atoms with E-state index in [-0.39, 0.29) is 41.9 Å². The van der Waals surface area contributed by atoms with Gasteiger partial charge in [0.15, 0.2) is 0 Å². The zero-order valence-electron chi connectivity index (χ0n) is 36.0. The second-order valence-electron chi connectivity index (χ2n) is 22.0. The molecule has 9 fully saturated rings. The van der Waals surface area contributed by atoms with Crippen LogP contribution in [0, 0.1) is 41.4 Å². The van der Waals surface area contributed by atoms with Gasteiger partial charge in [0.2, 0.25) is 5.91 Å². The van der Waals surface area contributed by atoms with Crippen LogP contribution in [0.15, 0.2) is 10.2 Å². The summed E-state index contributed by atoms with van der Waals surface area (Å²) in [6.45, 7) is 0. The SMILES string of the molecule is NC1CCC(N=NC2C(O)C(C(=O)NC3CCCC(CCC4CCC(N(C5CCCCC5)C5CCCCC5)CC4)C3)CC3CCC4C5CCCCC5NC4C32)CC1. The third-order valence-corrected chi connectivity index (χ3v) is 18.6. The van der Waals surface area contributed by atoms with Gasteiger partial charge in [0, 0.05) is 48.2 Å². The minimum atomic E-state index is -0.759. The largest absolute Gasteiger partial charge is 0.390 e. The van der Waals surface area contributed by atoms with Gasteiger partial charge in [-0.2, -0.15) is 10.2 Å². The lowest BCUT2D eigenvalue weighted by atomic mass is 9.58. The van der Waals surface area contributed by atoms with E-state index in [0.29, 0.717) is 23.9 Å². The zero-order valence-corrected chi connectivity index (χ0v) is 36.0. The number of amides is 1. The van der Waals surface area contributed by atoms with E-state index >= 15 is 0 Å². The van der Waals surface area contributed by atoms with E-state index in [1.165, 1.54) is 154 Å². The van der Waals surface area contributed by atoms with E-state index < -0.39 is 6.10 Å². The van der Waals surface area contributed by atoms with E-state index in [4.69, 9.17) is 16.0 Å². The normalized spacial score (nSPS) is 45.0. The fourth-order valence-electron chi connectivity index (χ4n) is 15.5. The summed E-state index contributed by atoms with van der Waals surface area (Å²) in [7, 11) is 0. The highest BCUT2D eigenvalue weighted by molar-refractivity contribution is 5.80. The summed E-state index contributed by atoms with van der Waals surface area (Å²) in [5.74, 6) is 3.50. The lowest BCUT2D eigenvalue weighted by Gasteiger charge is -2.50. The van der Waals surface area contributed by atoms with Crippen LogP contribution in [-0.4, -0.2) is 76.4 Å². The second kappa shape index (κ2) is 19.3. The first-order chi connectivity index (χ1) is 28.0. The molecule has 11 unspecified atom stereocenters. The Hall–Kier alpha value is -1.09. The molecule has 57 heavy (non-hydrogen) atoms. The standard InChI is InChI=1S/C49H84N6O2/c50-35-23-25-36(26-24-35)53-54-47-45-34(22-29-42-41-16-7-8-17-44(41)52-46(42)45)31-43(48(47)56)49(57)51-37-11-9-10-33(30-37)19-18-32-20-27-40(28-21-32)55(38-12-3-1-4-13-38)39-14-5-2-6-15-39/h32-48,52,56H,1-31,50H2,(H,51,57). The zero-order chi connectivity index (χ0) is 38.7. The molecule has 8 nitrogen and oxygen atoms in total. The summed E-state index contributed by atoms with van der Waals surface area (Å²) >= 11 is 0. The highest BCUT2D eigenvalue weighted by Gasteiger charge is 2.57. The number of nitrogens with two attached hydrogens (primary N) is 1. The Bertz CT molecular complexity index is 1280. The molecular weight excluding hydrogens is 705 g/mol. The molecule has 0 aromatic heterocycles. The van der Waals surface area contributed by atoms with Crippen molar-refractivity contribution in [1.82, 2.24) is 15.5 Å². The van der Waals surface area contributed by atoms with Crippen LogP contribution in [0.25, 0.3) is 0 Å². The van der Waals surface area contributed by atoms with Crippen molar-refractivity contribution in [2.75, 3.05) is 0 Å². The molecule has 322 valence electrons. The molecule has 0 aromatic carbocycles. The molecule has 11 atom stereocenters. The number of aliphatic hydroxyl groups is 1. The van der Waals surface area contributed by atoms with Crippen LogP contribution in [-0.2, 0) is 4.79 Å². The second-order valence-corrected chi connectivity index (χ2v) is 22.0. The molecule has 8 heteroatoms. The Morgan fingerprint density at radius 2 is 1.30 bits per heavy atom. The number of nitrogens with one attached hydrogen (secondary N) is 2. The van der Waals surface area contributed by atoms with E-state index in [1.54, 1.807) is 0 Å². The fourth-order valence-corrected chi connectivity index (χ4v) is 15.5. The van der Waals surface area contributed by atoms with Crippen LogP contribution in [0.1, 0.15) is 199 Å². The average molecular weight is 789 g/mol. The van der Waals surface area contributed by atoms with E-state index in [1.807, 2.05) is 0 Å². The number of hydrogen-bond acceptors (Lipinski definition) is 7. The Balaban J connectivity index is 0.788. The van der Waals surface area contributed by atoms with Crippen molar-refractivity contribution in [3.05, 3.63) is 0 Å². The Labute approximate surface area is 347 Å². The van der Waals surface area contributed by atoms with Crippen LogP contribution in [0.3, 0.4) is 0 Å². The van der Waals surface area contributed by atoms with Gasteiger partial charge in [-0.15, -0.1) is 0 Å². The van der Waals surface area contributed by atoms with Crippen molar-refractivity contribution < 1.29 is 9.90 Å². The van der Waals surface area contributed by atoms with Crippen LogP contribution in [0.5, 0.6) is 0 Å². The molecule has 1 aliphatic heterocycles. The maximum atomic E-state index is 14.3. The van der Waals surface area contributed by atoms with Gasteiger partial charge in [0.05, 0.1) is 18.1 Å². The topological polar surface area (TPSA) is 115 Å². The Morgan fingerprint density at radius 3 is 2.04 bits per heavy atom. The maximum absolute atomic E-state index is 14.3. The number of carbonyl (C=O) groups is 1. The van der Waals surface area contributed by atoms with Crippen LogP contribution in [0.4, 0.5) is 0 Å². The monoisotopic (exact) mass is 789 g/mol. The van der Waals surface area contributed by atoms with Gasteiger partial charge >= 0.3 is 0 Å². The summed E-state index contributed by atoms with van der Waals surface area (Å²) < 4.78 is 0. The molecule has 0 aromatic rings. The predicted octanol–water partition coefficient (Wildman–Crippen LogP) is 9.61. The maximum Gasteiger partial charge on any atom is 0.226 e. The van der Waals surface area contributed by atoms with Crippen LogP contribution >= 0.6 is 0 Å². The van der Waals surface area contributed by atoms with Crippen molar-refractivity contribution in [2.24, 2.45) is 57.4 Å². The Morgan fingerprint density at radius 1 is 0.632 bits per heavy atom. The van der Waals surface area contributed by atoms with Gasteiger partial charge in [0.25, 0.3) is 0 Å². The lowest BCUT2D eigenvalue weighted by molar-refractivity contribution is -0.136.